The standard InChI is InChI=1S/C33H51N7O13/c1-6-14-53-24(45)13-12-21(28(34)47)38-30(49)22(15-23(43)44)39-33(52)27(46)16(2)35-29(48)17(3)36-31(50)25(18(4)41)40-32(51)26(37-19(5)42)20-10-8-7-9-11-20/h6,16-18,20-22,25-26,41H,1,7-15H2,2-5H3,(H2,34,47)(H,35,48)(H,36,50)(H,37,42)(H,38,49)(H,39,52)(H,40,51)(H,43,44)/t16-,17-,18+,21-,22-,25-,26-/m0/s1. The Morgan fingerprint density at radius 2 is 1.40 bits per heavy atom. The maximum Gasteiger partial charge on any atom is 0.306 e. The molecule has 0 aromatic rings. The number of nitrogens with one attached hydrogen (secondary N) is 6. The highest BCUT2D eigenvalue weighted by atomic mass is 16.5. The van der Waals surface area contributed by atoms with E-state index in [1.54, 1.807) is 0 Å². The molecule has 1 aliphatic rings. The average Bonchev–Trinajstić information content (AvgIpc) is 3.08. The fraction of sp³-hybridized carbons (Fsp3) is 0.636. The topological polar surface area (TPSA) is 319 Å². The molecule has 10 N–H and O–H groups in total. The van der Waals surface area contributed by atoms with E-state index in [-0.39, 0.29) is 25.4 Å². The van der Waals surface area contributed by atoms with Gasteiger partial charge in [0.05, 0.1) is 18.6 Å². The molecule has 7 amide bonds. The van der Waals surface area contributed by atoms with Crippen LogP contribution in [0.25, 0.3) is 0 Å². The van der Waals surface area contributed by atoms with Gasteiger partial charge in [-0.25, -0.2) is 0 Å². The van der Waals surface area contributed by atoms with Gasteiger partial charge in [-0.2, -0.15) is 0 Å². The van der Waals surface area contributed by atoms with Gasteiger partial charge in [0.1, 0.15) is 36.8 Å². The zero-order chi connectivity index (χ0) is 40.4. The molecule has 0 spiro atoms. The summed E-state index contributed by atoms with van der Waals surface area (Å²) in [6.45, 7) is 8.07. The van der Waals surface area contributed by atoms with Crippen LogP contribution in [-0.2, 0) is 52.7 Å². The molecule has 0 aliphatic heterocycles. The van der Waals surface area contributed by atoms with Crippen molar-refractivity contribution in [2.75, 3.05) is 6.61 Å². The third kappa shape index (κ3) is 16.2. The summed E-state index contributed by atoms with van der Waals surface area (Å²) in [7, 11) is 0. The number of ketones is 1. The number of rotatable bonds is 22. The molecule has 7 atom stereocenters. The molecule has 1 rings (SSSR count). The molecule has 1 fully saturated rings. The van der Waals surface area contributed by atoms with E-state index in [1.165, 1.54) is 26.8 Å². The summed E-state index contributed by atoms with van der Waals surface area (Å²) in [5.74, 6) is -10.7. The molecular weight excluding hydrogens is 702 g/mol. The number of carbonyl (C=O) groups is 10. The van der Waals surface area contributed by atoms with Crippen LogP contribution in [0.15, 0.2) is 12.7 Å². The molecule has 20 nitrogen and oxygen atoms in total. The summed E-state index contributed by atoms with van der Waals surface area (Å²) in [5, 5.41) is 33.2. The van der Waals surface area contributed by atoms with E-state index in [4.69, 9.17) is 10.5 Å². The van der Waals surface area contributed by atoms with Crippen LogP contribution < -0.4 is 37.6 Å². The number of amides is 7. The van der Waals surface area contributed by atoms with Crippen LogP contribution >= 0.6 is 0 Å². The number of Topliss-reactive ketones (excluding diaryl/α,β-unsaturated/α-hetero) is 1. The van der Waals surface area contributed by atoms with Crippen molar-refractivity contribution in [3.63, 3.8) is 0 Å². The molecule has 0 saturated heterocycles. The summed E-state index contributed by atoms with van der Waals surface area (Å²) in [6, 6.07) is -8.82. The lowest BCUT2D eigenvalue weighted by Crippen LogP contribution is -2.61. The van der Waals surface area contributed by atoms with E-state index >= 15 is 0 Å². The second-order valence-electron chi connectivity index (χ2n) is 12.7. The van der Waals surface area contributed by atoms with Crippen LogP contribution in [-0.4, -0.2) is 118 Å². The molecule has 296 valence electrons. The number of aliphatic carboxylic acids is 1. The number of hydrogen-bond donors (Lipinski definition) is 9. The minimum absolute atomic E-state index is 0.106. The van der Waals surface area contributed by atoms with Crippen molar-refractivity contribution in [3.8, 4) is 0 Å². The fourth-order valence-corrected chi connectivity index (χ4v) is 5.36. The third-order valence-electron chi connectivity index (χ3n) is 8.21. The number of ether oxygens (including phenoxy) is 1. The van der Waals surface area contributed by atoms with Crippen LogP contribution in [0.5, 0.6) is 0 Å². The molecule has 1 aliphatic carbocycles. The molecule has 0 bridgehead atoms. The van der Waals surface area contributed by atoms with Crippen LogP contribution in [0.2, 0.25) is 0 Å². The molecule has 0 aromatic heterocycles. The minimum atomic E-state index is -1.89. The van der Waals surface area contributed by atoms with E-state index in [0.717, 1.165) is 26.2 Å². The Kier molecular flexibility index (Phi) is 19.4. The maximum atomic E-state index is 13.2. The summed E-state index contributed by atoms with van der Waals surface area (Å²) >= 11 is 0. The Labute approximate surface area is 306 Å². The van der Waals surface area contributed by atoms with Gasteiger partial charge in [-0.3, -0.25) is 47.9 Å². The number of carboxylic acids is 1. The molecule has 53 heavy (non-hydrogen) atoms. The third-order valence-corrected chi connectivity index (χ3v) is 8.21. The van der Waals surface area contributed by atoms with Crippen molar-refractivity contribution >= 4 is 59.1 Å². The second kappa shape index (κ2) is 22.5. The first-order valence-corrected chi connectivity index (χ1v) is 17.1. The molecule has 0 aromatic carbocycles. The first-order valence-electron chi connectivity index (χ1n) is 17.1. The van der Waals surface area contributed by atoms with Gasteiger partial charge in [0.25, 0.3) is 5.91 Å². The summed E-state index contributed by atoms with van der Waals surface area (Å²) in [6.07, 6.45) is 2.20. The van der Waals surface area contributed by atoms with Gasteiger partial charge in [0.15, 0.2) is 0 Å². The first-order chi connectivity index (χ1) is 24.8. The van der Waals surface area contributed by atoms with Gasteiger partial charge in [0, 0.05) is 13.3 Å². The predicted molar refractivity (Wildman–Crippen MR) is 184 cm³/mol. The number of carboxylic acid groups (broad SMARTS) is 1. The molecular formula is C33H51N7O13. The highest BCUT2D eigenvalue weighted by molar-refractivity contribution is 6.38. The Hall–Kier alpha value is -5.40. The quantitative estimate of drug-likeness (QED) is 0.0302. The summed E-state index contributed by atoms with van der Waals surface area (Å²) in [4.78, 5) is 124. The highest BCUT2D eigenvalue weighted by Crippen LogP contribution is 2.26. The average molecular weight is 754 g/mol. The summed E-state index contributed by atoms with van der Waals surface area (Å²) in [5.41, 5.74) is 5.28. The van der Waals surface area contributed by atoms with Gasteiger partial charge >= 0.3 is 11.9 Å². The number of esters is 1. The first kappa shape index (κ1) is 45.6. The van der Waals surface area contributed by atoms with Gasteiger partial charge in [0.2, 0.25) is 41.2 Å². The monoisotopic (exact) mass is 753 g/mol. The number of aliphatic hydroxyl groups is 1. The second-order valence-corrected chi connectivity index (χ2v) is 12.7. The van der Waals surface area contributed by atoms with E-state index in [9.17, 15) is 58.2 Å². The van der Waals surface area contributed by atoms with Crippen LogP contribution in [0.1, 0.15) is 79.1 Å². The smallest absolute Gasteiger partial charge is 0.306 e. The number of carbonyl (C=O) groups excluding carboxylic acids is 9. The van der Waals surface area contributed by atoms with Crippen LogP contribution in [0, 0.1) is 5.92 Å². The van der Waals surface area contributed by atoms with Crippen molar-refractivity contribution < 1.29 is 62.9 Å². The fourth-order valence-electron chi connectivity index (χ4n) is 5.36. The zero-order valence-electron chi connectivity index (χ0n) is 30.2. The number of nitrogens with two attached hydrogens (primary N) is 1. The molecule has 20 heteroatoms. The lowest BCUT2D eigenvalue weighted by atomic mass is 9.83. The van der Waals surface area contributed by atoms with Gasteiger partial charge in [-0.15, -0.1) is 0 Å². The van der Waals surface area contributed by atoms with E-state index in [0.29, 0.717) is 12.8 Å². The van der Waals surface area contributed by atoms with Gasteiger partial charge in [-0.05, 0) is 46.0 Å². The number of primary amides is 1. The van der Waals surface area contributed by atoms with Crippen LogP contribution in [0.3, 0.4) is 0 Å². The SMILES string of the molecule is C=CCOC(=O)CC[C@H](NC(=O)[C@H](CC(=O)O)NC(=O)C(=O)[C@H](C)NC(=O)[C@H](C)NC(=O)[C@@H](NC(=O)[C@@H](NC(C)=O)C1CCCCC1)[C@@H](C)O)C(N)=O. The Balaban J connectivity index is 2.89. The maximum absolute atomic E-state index is 13.2. The van der Waals surface area contributed by atoms with Crippen molar-refractivity contribution in [2.45, 2.75) is 121 Å². The van der Waals surface area contributed by atoms with Crippen molar-refractivity contribution in [1.82, 2.24) is 31.9 Å². The molecule has 0 radical (unpaired) electrons. The van der Waals surface area contributed by atoms with Crippen molar-refractivity contribution in [1.29, 1.82) is 0 Å². The lowest BCUT2D eigenvalue weighted by Gasteiger charge is -2.31. The molecule has 1 saturated carbocycles. The predicted octanol–water partition coefficient (Wildman–Crippen LogP) is -3.05. The summed E-state index contributed by atoms with van der Waals surface area (Å²) < 4.78 is 4.78. The van der Waals surface area contributed by atoms with E-state index in [1.807, 2.05) is 5.32 Å². The van der Waals surface area contributed by atoms with Crippen molar-refractivity contribution in [3.05, 3.63) is 12.7 Å². The number of aliphatic hydroxyl groups excluding tert-OH is 1. The molecule has 0 heterocycles. The van der Waals surface area contributed by atoms with Crippen LogP contribution in [0.4, 0.5) is 0 Å². The Morgan fingerprint density at radius 3 is 1.92 bits per heavy atom. The normalized spacial score (nSPS) is 16.7. The lowest BCUT2D eigenvalue weighted by molar-refractivity contribution is -0.144. The van der Waals surface area contributed by atoms with Gasteiger partial charge in [-0.1, -0.05) is 31.9 Å². The highest BCUT2D eigenvalue weighted by Gasteiger charge is 2.36. The van der Waals surface area contributed by atoms with E-state index < -0.39 is 108 Å². The number of hydrogen-bond acceptors (Lipinski definition) is 12. The van der Waals surface area contributed by atoms with E-state index in [2.05, 4.69) is 33.2 Å². The zero-order valence-corrected chi connectivity index (χ0v) is 30.2. The Morgan fingerprint density at radius 1 is 0.792 bits per heavy atom. The minimum Gasteiger partial charge on any atom is -0.481 e. The van der Waals surface area contributed by atoms with Gasteiger partial charge < -0.3 is 52.6 Å². The van der Waals surface area contributed by atoms with Crippen molar-refractivity contribution in [2.24, 2.45) is 11.7 Å². The molecule has 0 unspecified atom stereocenters. The largest absolute Gasteiger partial charge is 0.481 e. The Bertz CT molecular complexity index is 1400.